The lowest BCUT2D eigenvalue weighted by molar-refractivity contribution is -0.401. The van der Waals surface area contributed by atoms with Crippen LogP contribution in [0, 0.1) is 6.92 Å². The molecule has 13 heteroatoms. The van der Waals surface area contributed by atoms with Crippen molar-refractivity contribution in [2.24, 2.45) is 5.10 Å². The van der Waals surface area contributed by atoms with Crippen molar-refractivity contribution in [3.63, 3.8) is 0 Å². The van der Waals surface area contributed by atoms with Gasteiger partial charge in [0.25, 0.3) is 0 Å². The molecule has 2 aromatic rings. The van der Waals surface area contributed by atoms with Gasteiger partial charge in [0.2, 0.25) is 18.4 Å². The number of halogens is 7. The number of amides is 1. The summed E-state index contributed by atoms with van der Waals surface area (Å²) in [5.74, 6) is -13.4. The molecule has 194 valence electrons. The molecule has 2 aromatic carbocycles. The fraction of sp³-hybridized carbons (Fsp3) is 0.391. The van der Waals surface area contributed by atoms with E-state index in [-0.39, 0.29) is 23.8 Å². The first-order valence-corrected chi connectivity index (χ1v) is 10.6. The van der Waals surface area contributed by atoms with Gasteiger partial charge in [0.15, 0.2) is 11.5 Å². The van der Waals surface area contributed by atoms with Crippen molar-refractivity contribution >= 4 is 11.6 Å². The van der Waals surface area contributed by atoms with E-state index in [4.69, 9.17) is 9.47 Å². The summed E-state index contributed by atoms with van der Waals surface area (Å²) in [7, 11) is 0. The van der Waals surface area contributed by atoms with Crippen LogP contribution in [0.1, 0.15) is 29.5 Å². The predicted octanol–water partition coefficient (Wildman–Crippen LogP) is 4.81. The molecule has 36 heavy (non-hydrogen) atoms. The third kappa shape index (κ3) is 4.14. The van der Waals surface area contributed by atoms with Gasteiger partial charge in [0, 0.05) is 12.8 Å². The highest BCUT2D eigenvalue weighted by Gasteiger charge is 2.82. The lowest BCUT2D eigenvalue weighted by atomic mass is 9.91. The van der Waals surface area contributed by atoms with Crippen LogP contribution in [0.25, 0.3) is 0 Å². The molecule has 0 saturated carbocycles. The Labute approximate surface area is 199 Å². The molecule has 0 unspecified atom stereocenters. The normalized spacial score (nSPS) is 20.0. The average molecular weight is 520 g/mol. The van der Waals surface area contributed by atoms with Gasteiger partial charge < -0.3 is 14.6 Å². The first-order valence-electron chi connectivity index (χ1n) is 10.6. The van der Waals surface area contributed by atoms with E-state index < -0.39 is 48.2 Å². The van der Waals surface area contributed by atoms with Crippen molar-refractivity contribution in [3.05, 3.63) is 59.2 Å². The minimum atomic E-state index is -6.71. The minimum absolute atomic E-state index is 0.0302. The number of hydrogen-bond donors (Lipinski definition) is 1. The number of nitrogens with zero attached hydrogens (tertiary/aromatic N) is 2. The number of rotatable bonds is 6. The smallest absolute Gasteiger partial charge is 0.454 e. The molecule has 0 aliphatic carbocycles. The van der Waals surface area contributed by atoms with Crippen LogP contribution in [0.2, 0.25) is 0 Å². The van der Waals surface area contributed by atoms with Crippen LogP contribution in [0.3, 0.4) is 0 Å². The Morgan fingerprint density at radius 2 is 1.67 bits per heavy atom. The zero-order valence-electron chi connectivity index (χ0n) is 18.6. The molecule has 2 aliphatic rings. The van der Waals surface area contributed by atoms with Gasteiger partial charge in [-0.25, -0.2) is 0 Å². The number of alkyl halides is 7. The van der Waals surface area contributed by atoms with Crippen LogP contribution in [0.4, 0.5) is 30.7 Å². The number of carbonyl (C=O) groups is 1. The fourth-order valence-electron chi connectivity index (χ4n) is 3.84. The Balaban J connectivity index is 1.66. The lowest BCUT2D eigenvalue weighted by Crippen LogP contribution is -2.69. The maximum Gasteiger partial charge on any atom is 0.460 e. The molecule has 2 aliphatic heterocycles. The van der Waals surface area contributed by atoms with E-state index in [9.17, 15) is 40.6 Å². The maximum absolute atomic E-state index is 14.8. The zero-order valence-corrected chi connectivity index (χ0v) is 18.6. The summed E-state index contributed by atoms with van der Waals surface area (Å²) in [4.78, 5) is 12.9. The van der Waals surface area contributed by atoms with Gasteiger partial charge in [-0.3, -0.25) is 4.79 Å². The molecule has 0 bridgehead atoms. The lowest BCUT2D eigenvalue weighted by Gasteiger charge is -2.41. The number of carbonyl (C=O) groups excluding carboxylic acids is 1. The zero-order chi connectivity index (χ0) is 26.5. The Bertz CT molecular complexity index is 1200. The van der Waals surface area contributed by atoms with Crippen molar-refractivity contribution in [1.29, 1.82) is 0 Å². The molecule has 6 nitrogen and oxygen atoms in total. The van der Waals surface area contributed by atoms with Crippen molar-refractivity contribution in [1.82, 2.24) is 5.01 Å². The van der Waals surface area contributed by atoms with Crippen LogP contribution >= 0.6 is 0 Å². The second-order valence-electron chi connectivity index (χ2n) is 8.45. The highest BCUT2D eigenvalue weighted by molar-refractivity contribution is 6.03. The van der Waals surface area contributed by atoms with Gasteiger partial charge in [0.05, 0.1) is 5.71 Å². The first-order chi connectivity index (χ1) is 16.7. The molecular weight excluding hydrogens is 501 g/mol. The van der Waals surface area contributed by atoms with Gasteiger partial charge in [0.1, 0.15) is 0 Å². The standard InChI is InChI=1S/C23H19F7N2O4/c1-13-2-6-15(7-3-13)16-11-20(34,21(24,25)22(26,27)23(28,29)30)32(31-16)19(33)9-5-14-4-8-17-18(10-14)36-12-35-17/h2-4,6-8,10,34H,5,9,11-12H2,1H3/t20-/m0/s1. The average Bonchev–Trinajstić information content (AvgIpc) is 3.42. The van der Waals surface area contributed by atoms with Crippen LogP contribution in [-0.2, 0) is 11.2 Å². The predicted molar refractivity (Wildman–Crippen MR) is 111 cm³/mol. The molecule has 1 N–H and O–H groups in total. The van der Waals surface area contributed by atoms with Crippen molar-refractivity contribution in [2.75, 3.05) is 6.79 Å². The molecule has 0 radical (unpaired) electrons. The Morgan fingerprint density at radius 1 is 1.03 bits per heavy atom. The van der Waals surface area contributed by atoms with Crippen molar-refractivity contribution in [3.8, 4) is 11.5 Å². The molecule has 0 fully saturated rings. The Hall–Kier alpha value is -3.35. The highest BCUT2D eigenvalue weighted by atomic mass is 19.4. The van der Waals surface area contributed by atoms with E-state index in [0.29, 0.717) is 17.1 Å². The fourth-order valence-corrected chi connectivity index (χ4v) is 3.84. The van der Waals surface area contributed by atoms with E-state index in [2.05, 4.69) is 5.10 Å². The third-order valence-corrected chi connectivity index (χ3v) is 5.92. The quantitative estimate of drug-likeness (QED) is 0.555. The van der Waals surface area contributed by atoms with Crippen LogP contribution in [-0.4, -0.2) is 52.3 Å². The summed E-state index contributed by atoms with van der Waals surface area (Å²) in [5, 5.41) is 13.9. The summed E-state index contributed by atoms with van der Waals surface area (Å²) < 4.78 is 107. The summed E-state index contributed by atoms with van der Waals surface area (Å²) in [6.45, 7) is 1.66. The third-order valence-electron chi connectivity index (χ3n) is 5.92. The molecule has 1 amide bonds. The number of ether oxygens (including phenoxy) is 2. The summed E-state index contributed by atoms with van der Waals surface area (Å²) in [5.41, 5.74) is -3.47. The number of fused-ring (bicyclic) bond motifs is 1. The van der Waals surface area contributed by atoms with Crippen LogP contribution in [0.5, 0.6) is 11.5 Å². The van der Waals surface area contributed by atoms with E-state index in [1.165, 1.54) is 42.5 Å². The van der Waals surface area contributed by atoms with E-state index in [0.717, 1.165) is 5.56 Å². The van der Waals surface area contributed by atoms with Crippen LogP contribution < -0.4 is 9.47 Å². The molecule has 0 saturated heterocycles. The molecule has 2 heterocycles. The topological polar surface area (TPSA) is 71.4 Å². The summed E-state index contributed by atoms with van der Waals surface area (Å²) >= 11 is 0. The first kappa shape index (κ1) is 25.7. The second kappa shape index (κ2) is 8.64. The van der Waals surface area contributed by atoms with E-state index in [1.54, 1.807) is 6.92 Å². The molecular formula is C23H19F7N2O4. The number of aliphatic hydroxyl groups is 1. The number of aryl methyl sites for hydroxylation is 2. The molecule has 0 spiro atoms. The number of hydrogen-bond acceptors (Lipinski definition) is 5. The second-order valence-corrected chi connectivity index (χ2v) is 8.45. The van der Waals surface area contributed by atoms with Gasteiger partial charge in [-0.15, -0.1) is 0 Å². The number of benzene rings is 2. The van der Waals surface area contributed by atoms with Gasteiger partial charge in [-0.2, -0.15) is 40.8 Å². The summed E-state index contributed by atoms with van der Waals surface area (Å²) in [6.07, 6.45) is -8.94. The molecule has 0 aromatic heterocycles. The van der Waals surface area contributed by atoms with Crippen LogP contribution in [0.15, 0.2) is 47.6 Å². The SMILES string of the molecule is Cc1ccc(C2=NN(C(=O)CCc3ccc4c(c3)OCO4)[C@@](O)(C(F)(F)C(F)(F)C(F)(F)F)C2)cc1. The molecule has 4 rings (SSSR count). The van der Waals surface area contributed by atoms with Crippen molar-refractivity contribution in [2.45, 2.75) is 49.9 Å². The maximum atomic E-state index is 14.8. The monoisotopic (exact) mass is 520 g/mol. The van der Waals surface area contributed by atoms with Gasteiger partial charge >= 0.3 is 18.0 Å². The van der Waals surface area contributed by atoms with Crippen molar-refractivity contribution < 1.29 is 50.1 Å². The molecule has 1 atom stereocenters. The van der Waals surface area contributed by atoms with Gasteiger partial charge in [-0.1, -0.05) is 35.9 Å². The summed E-state index contributed by atoms with van der Waals surface area (Å²) in [6, 6.07) is 10.3. The van der Waals surface area contributed by atoms with E-state index >= 15 is 0 Å². The van der Waals surface area contributed by atoms with E-state index in [1.807, 2.05) is 0 Å². The Kier molecular flexibility index (Phi) is 6.18. The minimum Gasteiger partial charge on any atom is -0.454 e. The Morgan fingerprint density at radius 3 is 2.31 bits per heavy atom. The highest BCUT2D eigenvalue weighted by Crippen LogP contribution is 2.54. The number of hydrazone groups is 1. The largest absolute Gasteiger partial charge is 0.460 e. The van der Waals surface area contributed by atoms with Gasteiger partial charge in [-0.05, 0) is 36.6 Å².